The summed E-state index contributed by atoms with van der Waals surface area (Å²) in [5, 5.41) is 10.8. The lowest BCUT2D eigenvalue weighted by atomic mass is 10.1. The van der Waals surface area contributed by atoms with E-state index < -0.39 is 23.6 Å². The maximum atomic E-state index is 13.7. The Morgan fingerprint density at radius 2 is 1.84 bits per heavy atom. The molecule has 1 heterocycles. The zero-order chi connectivity index (χ0) is 14.2. The van der Waals surface area contributed by atoms with Gasteiger partial charge < -0.3 is 5.11 Å². The molecule has 1 N–H and O–H groups in total. The minimum atomic E-state index is -1.52. The van der Waals surface area contributed by atoms with Crippen LogP contribution in [-0.2, 0) is 0 Å². The lowest BCUT2D eigenvalue weighted by molar-refractivity contribution is 0.173. The van der Waals surface area contributed by atoms with E-state index in [2.05, 4.69) is 6.92 Å². The molecular weight excluding hydrogens is 293 g/mol. The van der Waals surface area contributed by atoms with E-state index in [0.29, 0.717) is 16.3 Å². The molecule has 1 aliphatic rings. The van der Waals surface area contributed by atoms with Crippen LogP contribution in [0.2, 0.25) is 0 Å². The van der Waals surface area contributed by atoms with Gasteiger partial charge in [-0.1, -0.05) is 19.9 Å². The summed E-state index contributed by atoms with van der Waals surface area (Å²) in [5.74, 6) is -3.38. The molecule has 0 aliphatic carbocycles. The predicted octanol–water partition coefficient (Wildman–Crippen LogP) is 3.76. The van der Waals surface area contributed by atoms with Gasteiger partial charge >= 0.3 is 0 Å². The lowest BCUT2D eigenvalue weighted by Crippen LogP contribution is -2.30. The molecule has 106 valence electrons. The maximum Gasteiger partial charge on any atom is 0.194 e. The fourth-order valence-corrected chi connectivity index (χ4v) is 4.94. The first-order valence-electron chi connectivity index (χ1n) is 6.00. The zero-order valence-corrected chi connectivity index (χ0v) is 12.2. The molecular formula is C13H15F3OS2. The number of thioether (sulfide) groups is 2. The molecule has 0 radical (unpaired) electrons. The first-order valence-corrected chi connectivity index (χ1v) is 7.99. The van der Waals surface area contributed by atoms with Crippen molar-refractivity contribution >= 4 is 23.5 Å². The van der Waals surface area contributed by atoms with Gasteiger partial charge in [-0.3, -0.25) is 0 Å². The Labute approximate surface area is 119 Å². The van der Waals surface area contributed by atoms with Gasteiger partial charge in [0.2, 0.25) is 0 Å². The molecule has 1 saturated heterocycles. The van der Waals surface area contributed by atoms with E-state index in [4.69, 9.17) is 0 Å². The van der Waals surface area contributed by atoms with E-state index in [0.717, 1.165) is 12.1 Å². The summed E-state index contributed by atoms with van der Waals surface area (Å²) in [6.07, 6.45) is -1.12. The van der Waals surface area contributed by atoms with Gasteiger partial charge in [0.05, 0.1) is 6.10 Å². The standard InChI is InChI=1S/C13H15F3OS2/c1-6-7(2)19-10(5-18-6)13(17)8-3-4-9(14)12(16)11(8)15/h3-4,6-7,10,13,17H,5H2,1-2H3. The minimum Gasteiger partial charge on any atom is -0.387 e. The molecule has 0 amide bonds. The molecule has 19 heavy (non-hydrogen) atoms. The average molecular weight is 308 g/mol. The Balaban J connectivity index is 2.20. The normalized spacial score (nSPS) is 29.3. The average Bonchev–Trinajstić information content (AvgIpc) is 2.39. The van der Waals surface area contributed by atoms with Crippen molar-refractivity contribution < 1.29 is 18.3 Å². The van der Waals surface area contributed by atoms with Crippen molar-refractivity contribution in [3.8, 4) is 0 Å². The quantitative estimate of drug-likeness (QED) is 0.840. The summed E-state index contributed by atoms with van der Waals surface area (Å²) in [5.41, 5.74) is -0.168. The van der Waals surface area contributed by atoms with E-state index >= 15 is 0 Å². The number of aliphatic hydroxyl groups is 1. The molecule has 0 saturated carbocycles. The van der Waals surface area contributed by atoms with Crippen molar-refractivity contribution in [2.75, 3.05) is 5.75 Å². The second-order valence-electron chi connectivity index (χ2n) is 4.63. The van der Waals surface area contributed by atoms with Gasteiger partial charge in [0, 0.05) is 27.1 Å². The molecule has 1 aromatic rings. The highest BCUT2D eigenvalue weighted by molar-refractivity contribution is 8.07. The molecule has 1 aromatic carbocycles. The third-order valence-corrected chi connectivity index (χ3v) is 6.79. The summed E-state index contributed by atoms with van der Waals surface area (Å²) in [6.45, 7) is 4.14. The largest absolute Gasteiger partial charge is 0.387 e. The van der Waals surface area contributed by atoms with Crippen LogP contribution < -0.4 is 0 Å². The van der Waals surface area contributed by atoms with Crippen LogP contribution in [0.5, 0.6) is 0 Å². The second-order valence-corrected chi connectivity index (χ2v) is 7.66. The van der Waals surface area contributed by atoms with Crippen LogP contribution >= 0.6 is 23.5 Å². The highest BCUT2D eigenvalue weighted by atomic mass is 32.2. The van der Waals surface area contributed by atoms with Gasteiger partial charge in [-0.15, -0.1) is 0 Å². The number of hydrogen-bond acceptors (Lipinski definition) is 3. The van der Waals surface area contributed by atoms with Gasteiger partial charge in [0.25, 0.3) is 0 Å². The fourth-order valence-electron chi connectivity index (χ4n) is 1.94. The highest BCUT2D eigenvalue weighted by Crippen LogP contribution is 2.41. The van der Waals surface area contributed by atoms with Gasteiger partial charge in [0.15, 0.2) is 17.5 Å². The van der Waals surface area contributed by atoms with Crippen molar-refractivity contribution in [2.45, 2.75) is 35.7 Å². The van der Waals surface area contributed by atoms with Crippen molar-refractivity contribution in [1.29, 1.82) is 0 Å². The zero-order valence-electron chi connectivity index (χ0n) is 10.6. The molecule has 4 unspecified atom stereocenters. The highest BCUT2D eigenvalue weighted by Gasteiger charge is 2.33. The van der Waals surface area contributed by atoms with Crippen molar-refractivity contribution in [3.63, 3.8) is 0 Å². The topological polar surface area (TPSA) is 20.2 Å². The third kappa shape index (κ3) is 3.06. The van der Waals surface area contributed by atoms with E-state index in [1.54, 1.807) is 23.5 Å². The SMILES string of the molecule is CC1SCC(C(O)c2ccc(F)c(F)c2F)SC1C. The molecule has 1 nitrogen and oxygen atoms in total. The molecule has 0 spiro atoms. The first kappa shape index (κ1) is 15.1. The Bertz CT molecular complexity index is 469. The van der Waals surface area contributed by atoms with Crippen molar-refractivity contribution in [3.05, 3.63) is 35.1 Å². The van der Waals surface area contributed by atoms with Crippen molar-refractivity contribution in [1.82, 2.24) is 0 Å². The summed E-state index contributed by atoms with van der Waals surface area (Å²) < 4.78 is 39.7. The Hall–Kier alpha value is -0.330. The number of benzene rings is 1. The number of hydrogen-bond donors (Lipinski definition) is 1. The predicted molar refractivity (Wildman–Crippen MR) is 74.0 cm³/mol. The van der Waals surface area contributed by atoms with E-state index in [1.807, 2.05) is 6.92 Å². The van der Waals surface area contributed by atoms with Crippen LogP contribution in [0.1, 0.15) is 25.5 Å². The van der Waals surface area contributed by atoms with Crippen LogP contribution in [0.3, 0.4) is 0 Å². The van der Waals surface area contributed by atoms with Gasteiger partial charge in [-0.2, -0.15) is 23.5 Å². The number of halogens is 3. The van der Waals surface area contributed by atoms with Crippen LogP contribution in [0.15, 0.2) is 12.1 Å². The van der Waals surface area contributed by atoms with E-state index in [9.17, 15) is 18.3 Å². The molecule has 2 rings (SSSR count). The monoisotopic (exact) mass is 308 g/mol. The lowest BCUT2D eigenvalue weighted by Gasteiger charge is -2.34. The summed E-state index contributed by atoms with van der Waals surface area (Å²) in [7, 11) is 0. The van der Waals surface area contributed by atoms with Gasteiger partial charge in [-0.25, -0.2) is 13.2 Å². The van der Waals surface area contributed by atoms with Crippen LogP contribution in [-0.4, -0.2) is 26.6 Å². The van der Waals surface area contributed by atoms with Gasteiger partial charge in [0.1, 0.15) is 0 Å². The molecule has 6 heteroatoms. The van der Waals surface area contributed by atoms with Gasteiger partial charge in [-0.05, 0) is 6.07 Å². The third-order valence-electron chi connectivity index (χ3n) is 3.31. The van der Waals surface area contributed by atoms with Crippen LogP contribution in [0.4, 0.5) is 13.2 Å². The number of aliphatic hydroxyl groups excluding tert-OH is 1. The Kier molecular flexibility index (Phi) is 4.74. The molecule has 0 bridgehead atoms. The summed E-state index contributed by atoms with van der Waals surface area (Å²) in [4.78, 5) is 0. The Morgan fingerprint density at radius 3 is 2.47 bits per heavy atom. The van der Waals surface area contributed by atoms with Crippen LogP contribution in [0, 0.1) is 17.5 Å². The summed E-state index contributed by atoms with van der Waals surface area (Å²) in [6, 6.07) is 1.97. The van der Waals surface area contributed by atoms with Crippen molar-refractivity contribution in [2.24, 2.45) is 0 Å². The maximum absolute atomic E-state index is 13.7. The van der Waals surface area contributed by atoms with Crippen LogP contribution in [0.25, 0.3) is 0 Å². The van der Waals surface area contributed by atoms with E-state index in [-0.39, 0.29) is 10.8 Å². The molecule has 1 fully saturated rings. The molecule has 4 atom stereocenters. The molecule has 0 aromatic heterocycles. The molecule has 1 aliphatic heterocycles. The number of rotatable bonds is 2. The van der Waals surface area contributed by atoms with E-state index in [1.165, 1.54) is 0 Å². The summed E-state index contributed by atoms with van der Waals surface area (Å²) >= 11 is 3.26. The fraction of sp³-hybridized carbons (Fsp3) is 0.538. The first-order chi connectivity index (χ1) is 8.91. The Morgan fingerprint density at radius 1 is 1.16 bits per heavy atom. The minimum absolute atomic E-state index is 0.168. The second kappa shape index (κ2) is 5.97. The smallest absolute Gasteiger partial charge is 0.194 e.